The predicted molar refractivity (Wildman–Crippen MR) is 132 cm³/mol. The lowest BCUT2D eigenvalue weighted by Crippen LogP contribution is -2.12. The molecular weight excluding hydrogens is 404 g/mol. The molecule has 2 nitrogen and oxygen atoms in total. The fraction of sp³-hybridized carbons (Fsp3) is 0.154. The van der Waals surface area contributed by atoms with E-state index < -0.39 is 0 Å². The first-order chi connectivity index (χ1) is 14.5. The van der Waals surface area contributed by atoms with Crippen LogP contribution in [0.5, 0.6) is 0 Å². The zero-order valence-corrected chi connectivity index (χ0v) is 18.8. The predicted octanol–water partition coefficient (Wildman–Crippen LogP) is 8.15. The maximum atomic E-state index is 4.78. The van der Waals surface area contributed by atoms with Gasteiger partial charge in [0.2, 0.25) is 0 Å². The van der Waals surface area contributed by atoms with Crippen LogP contribution in [0.2, 0.25) is 0 Å². The molecule has 0 atom stereocenters. The third kappa shape index (κ3) is 3.36. The summed E-state index contributed by atoms with van der Waals surface area (Å²) < 4.78 is 1.21. The minimum atomic E-state index is 0.0358. The van der Waals surface area contributed by atoms with Crippen LogP contribution >= 0.6 is 22.7 Å². The second-order valence-corrected chi connectivity index (χ2v) is 10.3. The van der Waals surface area contributed by atoms with Crippen molar-refractivity contribution in [2.45, 2.75) is 26.2 Å². The molecule has 5 aromatic rings. The first kappa shape index (κ1) is 19.2. The molecule has 0 fully saturated rings. The fourth-order valence-corrected chi connectivity index (χ4v) is 5.46. The molecule has 0 aliphatic heterocycles. The lowest BCUT2D eigenvalue weighted by molar-refractivity contribution is 0.596. The zero-order valence-electron chi connectivity index (χ0n) is 17.2. The fourth-order valence-electron chi connectivity index (χ4n) is 3.93. The van der Waals surface area contributed by atoms with Gasteiger partial charge in [-0.3, -0.25) is 0 Å². The van der Waals surface area contributed by atoms with Gasteiger partial charge in [-0.1, -0.05) is 57.2 Å². The number of rotatable bonds is 1. The van der Waals surface area contributed by atoms with Crippen LogP contribution in [0, 0.1) is 0 Å². The second-order valence-electron chi connectivity index (χ2n) is 8.40. The van der Waals surface area contributed by atoms with E-state index in [1.54, 1.807) is 29.0 Å². The highest BCUT2D eigenvalue weighted by Gasteiger charge is 2.20. The Kier molecular flexibility index (Phi) is 4.76. The Balaban J connectivity index is 1.90. The summed E-state index contributed by atoms with van der Waals surface area (Å²) in [5, 5.41) is 9.10. The van der Waals surface area contributed by atoms with Crippen LogP contribution < -0.4 is 0 Å². The van der Waals surface area contributed by atoms with Crippen molar-refractivity contribution in [2.75, 3.05) is 0 Å². The largest absolute Gasteiger partial charge is 0.236 e. The normalized spacial score (nSPS) is 11.8. The van der Waals surface area contributed by atoms with Gasteiger partial charge in [-0.15, -0.1) is 11.3 Å². The summed E-state index contributed by atoms with van der Waals surface area (Å²) in [7, 11) is 0. The van der Waals surface area contributed by atoms with E-state index in [0.29, 0.717) is 0 Å². The van der Waals surface area contributed by atoms with E-state index in [-0.39, 0.29) is 5.41 Å². The molecule has 0 N–H and O–H groups in total. The summed E-state index contributed by atoms with van der Waals surface area (Å²) in [6, 6.07) is 21.7. The van der Waals surface area contributed by atoms with Crippen LogP contribution in [0.1, 0.15) is 26.3 Å². The molecule has 0 aliphatic rings. The minimum Gasteiger partial charge on any atom is -0.236 e. The van der Waals surface area contributed by atoms with Crippen molar-refractivity contribution in [2.24, 2.45) is 0 Å². The average Bonchev–Trinajstić information content (AvgIpc) is 3.13. The monoisotopic (exact) mass is 426 g/mol. The second kappa shape index (κ2) is 7.46. The van der Waals surface area contributed by atoms with Gasteiger partial charge >= 0.3 is 0 Å². The third-order valence-electron chi connectivity index (χ3n) is 5.33. The highest BCUT2D eigenvalue weighted by atomic mass is 32.1. The molecule has 0 saturated carbocycles. The van der Waals surface area contributed by atoms with Gasteiger partial charge in [0.1, 0.15) is 11.2 Å². The molecule has 3 heterocycles. The van der Waals surface area contributed by atoms with Gasteiger partial charge in [0.25, 0.3) is 0 Å². The Morgan fingerprint density at radius 2 is 1.63 bits per heavy atom. The number of hydrogen-bond donors (Lipinski definition) is 0. The van der Waals surface area contributed by atoms with Gasteiger partial charge in [0.05, 0.1) is 5.69 Å². The maximum Gasteiger partial charge on any atom is 0.128 e. The molecule has 148 valence electrons. The number of benzene rings is 2. The molecule has 0 unspecified atom stereocenters. The third-order valence-corrected chi connectivity index (χ3v) is 7.01. The van der Waals surface area contributed by atoms with Crippen LogP contribution in [0.3, 0.4) is 0 Å². The van der Waals surface area contributed by atoms with Crippen molar-refractivity contribution < 1.29 is 0 Å². The van der Waals surface area contributed by atoms with Crippen LogP contribution in [0.15, 0.2) is 77.8 Å². The van der Waals surface area contributed by atoms with Crippen LogP contribution in [0.4, 0.5) is 0 Å². The number of nitrogens with zero attached hydrogens (tertiary/aromatic N) is 2. The van der Waals surface area contributed by atoms with Gasteiger partial charge in [-0.25, -0.2) is 9.97 Å². The Bertz CT molecular complexity index is 1440. The quantitative estimate of drug-likeness (QED) is 0.270. The highest BCUT2D eigenvalue weighted by molar-refractivity contribution is 7.25. The van der Waals surface area contributed by atoms with Crippen molar-refractivity contribution in [1.82, 2.24) is 9.97 Å². The Morgan fingerprint density at radius 1 is 0.800 bits per heavy atom. The number of aromatic nitrogens is 2. The molecule has 0 aliphatic carbocycles. The number of fused-ring (bicyclic) bond motifs is 4. The highest BCUT2D eigenvalue weighted by Crippen LogP contribution is 2.40. The lowest BCUT2D eigenvalue weighted by Gasteiger charge is -2.22. The van der Waals surface area contributed by atoms with Crippen molar-refractivity contribution >= 4 is 53.7 Å². The molecule has 0 spiro atoms. The van der Waals surface area contributed by atoms with E-state index in [4.69, 9.17) is 4.98 Å². The molecule has 0 amide bonds. The summed E-state index contributed by atoms with van der Waals surface area (Å²) >= 11 is 3.40. The SMILES string of the molecule is CC(C)(C)c1cc(-c2ncnc3sc4ccccsccc4c23)cc2ccccc12. The average molecular weight is 427 g/mol. The Hall–Kier alpha value is -2.82. The first-order valence-electron chi connectivity index (χ1n) is 9.99. The molecule has 0 radical (unpaired) electrons. The molecule has 3 aromatic heterocycles. The summed E-state index contributed by atoms with van der Waals surface area (Å²) in [5.74, 6) is 0. The van der Waals surface area contributed by atoms with Crippen molar-refractivity contribution in [3.63, 3.8) is 0 Å². The van der Waals surface area contributed by atoms with E-state index in [1.807, 2.05) is 0 Å². The van der Waals surface area contributed by atoms with E-state index in [2.05, 4.69) is 97.2 Å². The molecule has 30 heavy (non-hydrogen) atoms. The van der Waals surface area contributed by atoms with Gasteiger partial charge in [-0.05, 0) is 56.8 Å². The van der Waals surface area contributed by atoms with Crippen LogP contribution in [0.25, 0.3) is 42.3 Å². The number of thiophene rings is 1. The first-order valence-corrected chi connectivity index (χ1v) is 11.7. The van der Waals surface area contributed by atoms with Gasteiger partial charge in [0, 0.05) is 21.0 Å². The molecular formula is C26H22N2S2. The zero-order chi connectivity index (χ0) is 20.7. The smallest absolute Gasteiger partial charge is 0.128 e. The molecule has 5 rings (SSSR count). The van der Waals surface area contributed by atoms with E-state index >= 15 is 0 Å². The Morgan fingerprint density at radius 3 is 2.50 bits per heavy atom. The maximum absolute atomic E-state index is 4.78. The summed E-state index contributed by atoms with van der Waals surface area (Å²) in [6.07, 6.45) is 1.70. The van der Waals surface area contributed by atoms with Gasteiger partial charge in [-0.2, -0.15) is 11.3 Å². The van der Waals surface area contributed by atoms with E-state index in [1.165, 1.54) is 26.4 Å². The number of hydrogen-bond acceptors (Lipinski definition) is 4. The standard InChI is InChI=1S/C26H22N2S2/c1-26(2,3)21-15-18(14-17-8-4-5-9-19(17)21)24-23-20-11-13-29-12-7-6-10-22(20)30-25(23)28-16-27-24/h4-16H,1-3H3. The van der Waals surface area contributed by atoms with E-state index in [0.717, 1.165) is 21.5 Å². The lowest BCUT2D eigenvalue weighted by atomic mass is 9.82. The Labute approximate surface area is 184 Å². The van der Waals surface area contributed by atoms with Crippen molar-refractivity contribution in [1.29, 1.82) is 0 Å². The van der Waals surface area contributed by atoms with Gasteiger partial charge < -0.3 is 0 Å². The van der Waals surface area contributed by atoms with Gasteiger partial charge in [0.15, 0.2) is 0 Å². The molecule has 2 aromatic carbocycles. The summed E-state index contributed by atoms with van der Waals surface area (Å²) in [6.45, 7) is 6.82. The molecule has 0 bridgehead atoms. The summed E-state index contributed by atoms with van der Waals surface area (Å²) in [5.41, 5.74) is 3.53. The van der Waals surface area contributed by atoms with Crippen LogP contribution in [-0.4, -0.2) is 9.97 Å². The topological polar surface area (TPSA) is 25.8 Å². The van der Waals surface area contributed by atoms with Crippen LogP contribution in [-0.2, 0) is 5.41 Å². The molecule has 0 saturated heterocycles. The van der Waals surface area contributed by atoms with Crippen molar-refractivity contribution in [3.8, 4) is 11.3 Å². The van der Waals surface area contributed by atoms with E-state index in [9.17, 15) is 0 Å². The minimum absolute atomic E-state index is 0.0358. The summed E-state index contributed by atoms with van der Waals surface area (Å²) in [4.78, 5) is 10.4. The molecule has 4 heteroatoms. The van der Waals surface area contributed by atoms with Crippen molar-refractivity contribution in [3.05, 3.63) is 83.3 Å².